The van der Waals surface area contributed by atoms with E-state index in [-0.39, 0.29) is 17.9 Å². The van der Waals surface area contributed by atoms with Gasteiger partial charge in [-0.1, -0.05) is 89.9 Å². The number of sulfonamides is 1. The molecule has 7 nitrogen and oxygen atoms in total. The van der Waals surface area contributed by atoms with Crippen LogP contribution in [-0.2, 0) is 32.6 Å². The fourth-order valence-corrected chi connectivity index (χ4v) is 6.84. The number of benzene rings is 4. The first-order valence-corrected chi connectivity index (χ1v) is 16.7. The molecule has 4 aromatic rings. The molecule has 236 valence electrons. The molecule has 0 heterocycles. The van der Waals surface area contributed by atoms with Crippen LogP contribution in [-0.4, -0.2) is 43.3 Å². The maximum Gasteiger partial charge on any atom is 0.264 e. The molecule has 0 aliphatic carbocycles. The van der Waals surface area contributed by atoms with E-state index in [1.807, 2.05) is 64.1 Å². The van der Waals surface area contributed by atoms with E-state index < -0.39 is 40.0 Å². The van der Waals surface area contributed by atoms with E-state index in [1.165, 1.54) is 17.0 Å². The van der Waals surface area contributed by atoms with E-state index >= 15 is 0 Å². The average molecular weight is 667 g/mol. The zero-order chi connectivity index (χ0) is 32.8. The van der Waals surface area contributed by atoms with E-state index in [1.54, 1.807) is 54.6 Å². The summed E-state index contributed by atoms with van der Waals surface area (Å²) in [5, 5.41) is 3.65. The summed E-state index contributed by atoms with van der Waals surface area (Å²) in [6.07, 6.45) is 0.173. The molecule has 0 aliphatic heterocycles. The zero-order valence-corrected chi connectivity index (χ0v) is 28.0. The van der Waals surface area contributed by atoms with Gasteiger partial charge in [-0.3, -0.25) is 13.9 Å². The number of amides is 2. The molecule has 1 N–H and O–H groups in total. The van der Waals surface area contributed by atoms with Crippen LogP contribution < -0.4 is 9.62 Å². The van der Waals surface area contributed by atoms with Crippen molar-refractivity contribution in [1.29, 1.82) is 0 Å². The van der Waals surface area contributed by atoms with Gasteiger partial charge in [0.25, 0.3) is 10.0 Å². The van der Waals surface area contributed by atoms with Gasteiger partial charge in [0.2, 0.25) is 11.8 Å². The molecule has 0 spiro atoms. The Hall–Kier alpha value is -3.85. The van der Waals surface area contributed by atoms with Gasteiger partial charge in [0.05, 0.1) is 10.6 Å². The minimum absolute atomic E-state index is 0.0336. The Bertz CT molecular complexity index is 1720. The van der Waals surface area contributed by atoms with Crippen molar-refractivity contribution in [3.05, 3.63) is 130 Å². The van der Waals surface area contributed by atoms with Gasteiger partial charge in [0.15, 0.2) is 0 Å². The molecule has 10 heteroatoms. The lowest BCUT2D eigenvalue weighted by atomic mass is 10.0. The molecule has 0 radical (unpaired) electrons. The molecule has 45 heavy (non-hydrogen) atoms. The lowest BCUT2D eigenvalue weighted by Gasteiger charge is -2.35. The molecule has 0 saturated carbocycles. The topological polar surface area (TPSA) is 86.8 Å². The van der Waals surface area contributed by atoms with E-state index in [0.717, 1.165) is 15.4 Å². The van der Waals surface area contributed by atoms with Gasteiger partial charge in [0.1, 0.15) is 12.6 Å². The first-order chi connectivity index (χ1) is 21.3. The van der Waals surface area contributed by atoms with Gasteiger partial charge in [-0.15, -0.1) is 0 Å². The number of hydrogen-bond acceptors (Lipinski definition) is 4. The lowest BCUT2D eigenvalue weighted by molar-refractivity contribution is -0.140. The van der Waals surface area contributed by atoms with Gasteiger partial charge < -0.3 is 10.2 Å². The standard InChI is InChI=1S/C35H37Cl2N3O4S/c1-25-13-11-16-27(21-25)40(45(43,44)28-17-9-6-10-18-28)24-33(41)39(23-29-30(36)19-12-20-31(29)37)32(34(42)38-35(2,3)4)22-26-14-7-5-8-15-26/h5-21,32H,22-24H2,1-4H3,(H,38,42)/t32-/m0/s1. The third-order valence-electron chi connectivity index (χ3n) is 7.06. The molecule has 0 aliphatic rings. The normalized spacial score (nSPS) is 12.3. The highest BCUT2D eigenvalue weighted by atomic mass is 35.5. The van der Waals surface area contributed by atoms with Gasteiger partial charge >= 0.3 is 0 Å². The van der Waals surface area contributed by atoms with Gasteiger partial charge in [-0.25, -0.2) is 8.42 Å². The third-order valence-corrected chi connectivity index (χ3v) is 9.56. The largest absolute Gasteiger partial charge is 0.350 e. The number of hydrogen-bond donors (Lipinski definition) is 1. The number of nitrogens with zero attached hydrogens (tertiary/aromatic N) is 2. The van der Waals surface area contributed by atoms with Gasteiger partial charge in [-0.05, 0) is 75.2 Å². The van der Waals surface area contributed by atoms with Crippen LogP contribution in [0.15, 0.2) is 108 Å². The van der Waals surface area contributed by atoms with Crippen molar-refractivity contribution in [3.8, 4) is 0 Å². The minimum Gasteiger partial charge on any atom is -0.350 e. The quantitative estimate of drug-likeness (QED) is 0.186. The minimum atomic E-state index is -4.19. The number of anilines is 1. The van der Waals surface area contributed by atoms with E-state index in [0.29, 0.717) is 21.3 Å². The summed E-state index contributed by atoms with van der Waals surface area (Å²) in [4.78, 5) is 30.0. The zero-order valence-electron chi connectivity index (χ0n) is 25.7. The van der Waals surface area contributed by atoms with E-state index in [9.17, 15) is 18.0 Å². The van der Waals surface area contributed by atoms with Crippen LogP contribution in [0.5, 0.6) is 0 Å². The molecule has 1 atom stereocenters. The number of aryl methyl sites for hydroxylation is 1. The third kappa shape index (κ3) is 8.87. The van der Waals surface area contributed by atoms with Crippen molar-refractivity contribution >= 4 is 50.7 Å². The summed E-state index contributed by atoms with van der Waals surface area (Å²) in [7, 11) is -4.19. The Morgan fingerprint density at radius 3 is 1.98 bits per heavy atom. The second-order valence-electron chi connectivity index (χ2n) is 11.8. The lowest BCUT2D eigenvalue weighted by Crippen LogP contribution is -2.56. The Morgan fingerprint density at radius 2 is 1.40 bits per heavy atom. The van der Waals surface area contributed by atoms with Crippen molar-refractivity contribution in [1.82, 2.24) is 10.2 Å². The molecule has 0 saturated heterocycles. The maximum atomic E-state index is 14.6. The molecular formula is C35H37Cl2N3O4S. The first kappa shape index (κ1) is 34.0. The number of rotatable bonds is 11. The number of halogens is 2. The first-order valence-electron chi connectivity index (χ1n) is 14.5. The van der Waals surface area contributed by atoms with Crippen LogP contribution in [0.3, 0.4) is 0 Å². The van der Waals surface area contributed by atoms with Crippen LogP contribution in [0.25, 0.3) is 0 Å². The van der Waals surface area contributed by atoms with Crippen LogP contribution >= 0.6 is 23.2 Å². The van der Waals surface area contributed by atoms with Crippen LogP contribution in [0, 0.1) is 6.92 Å². The fourth-order valence-electron chi connectivity index (χ4n) is 4.89. The van der Waals surface area contributed by atoms with Gasteiger partial charge in [0, 0.05) is 34.1 Å². The number of carbonyl (C=O) groups is 2. The Balaban J connectivity index is 1.85. The summed E-state index contributed by atoms with van der Waals surface area (Å²) in [5.74, 6) is -0.993. The molecular weight excluding hydrogens is 629 g/mol. The molecule has 4 aromatic carbocycles. The molecule has 2 amide bonds. The van der Waals surface area contributed by atoms with Crippen molar-refractivity contribution in [2.75, 3.05) is 10.8 Å². The predicted octanol–water partition coefficient (Wildman–Crippen LogP) is 7.05. The summed E-state index contributed by atoms with van der Waals surface area (Å²) >= 11 is 13.1. The highest BCUT2D eigenvalue weighted by Gasteiger charge is 2.36. The summed E-state index contributed by atoms with van der Waals surface area (Å²) in [5.41, 5.74) is 1.81. The van der Waals surface area contributed by atoms with Crippen molar-refractivity contribution in [2.45, 2.75) is 57.1 Å². The predicted molar refractivity (Wildman–Crippen MR) is 181 cm³/mol. The monoisotopic (exact) mass is 665 g/mol. The summed E-state index contributed by atoms with van der Waals surface area (Å²) < 4.78 is 29.3. The average Bonchev–Trinajstić information content (AvgIpc) is 2.99. The molecule has 0 unspecified atom stereocenters. The Labute approximate surface area is 275 Å². The SMILES string of the molecule is Cc1cccc(N(CC(=O)N(Cc2c(Cl)cccc2Cl)[C@@H](Cc2ccccc2)C(=O)NC(C)(C)C)S(=O)(=O)c2ccccc2)c1. The smallest absolute Gasteiger partial charge is 0.264 e. The van der Waals surface area contributed by atoms with Gasteiger partial charge in [-0.2, -0.15) is 0 Å². The van der Waals surface area contributed by atoms with Crippen LogP contribution in [0.2, 0.25) is 10.0 Å². The Morgan fingerprint density at radius 1 is 0.822 bits per heavy atom. The highest BCUT2D eigenvalue weighted by molar-refractivity contribution is 7.92. The molecule has 0 fully saturated rings. The van der Waals surface area contributed by atoms with E-state index in [4.69, 9.17) is 23.2 Å². The summed E-state index contributed by atoms with van der Waals surface area (Å²) in [6.45, 7) is 6.71. The molecule has 4 rings (SSSR count). The van der Waals surface area contributed by atoms with Crippen LogP contribution in [0.1, 0.15) is 37.5 Å². The van der Waals surface area contributed by atoms with E-state index in [2.05, 4.69) is 5.32 Å². The highest BCUT2D eigenvalue weighted by Crippen LogP contribution is 2.29. The second-order valence-corrected chi connectivity index (χ2v) is 14.5. The molecule has 0 aromatic heterocycles. The summed E-state index contributed by atoms with van der Waals surface area (Å²) in [6, 6.07) is 28.2. The second kappa shape index (κ2) is 14.5. The Kier molecular flexibility index (Phi) is 11.0. The number of nitrogens with one attached hydrogen (secondary N) is 1. The van der Waals surface area contributed by atoms with Crippen molar-refractivity contribution < 1.29 is 18.0 Å². The fraction of sp³-hybridized carbons (Fsp3) is 0.257. The van der Waals surface area contributed by atoms with Crippen molar-refractivity contribution in [2.24, 2.45) is 0 Å². The maximum absolute atomic E-state index is 14.6. The number of carbonyl (C=O) groups excluding carboxylic acids is 2. The van der Waals surface area contributed by atoms with Crippen molar-refractivity contribution in [3.63, 3.8) is 0 Å². The molecule has 0 bridgehead atoms. The van der Waals surface area contributed by atoms with Crippen LogP contribution in [0.4, 0.5) is 5.69 Å².